The van der Waals surface area contributed by atoms with Crippen LogP contribution in [0.4, 0.5) is 0 Å². The zero-order valence-electron chi connectivity index (χ0n) is 11.1. The van der Waals surface area contributed by atoms with Crippen LogP contribution in [-0.4, -0.2) is 54.1 Å². The summed E-state index contributed by atoms with van der Waals surface area (Å²) < 4.78 is 5.21. The maximum Gasteiger partial charge on any atom is 0.351 e. The molecule has 0 amide bonds. The molecule has 0 aliphatic carbocycles. The van der Waals surface area contributed by atoms with Gasteiger partial charge in [-0.15, -0.1) is 0 Å². The standard InChI is InChI=1S/C9H21NO2.C2H2O4/c1-4-5-12-7-9(11)6-10-8(2)3;3-1(4)2(5)6/h8-11H,4-7H2,1-3H3;(H,3,4)(H,5,6). The van der Waals surface area contributed by atoms with Crippen LogP contribution in [-0.2, 0) is 14.3 Å². The molecule has 0 fully saturated rings. The normalized spacial score (nSPS) is 11.6. The lowest BCUT2D eigenvalue weighted by molar-refractivity contribution is -0.688. The van der Waals surface area contributed by atoms with E-state index in [0.717, 1.165) is 19.6 Å². The van der Waals surface area contributed by atoms with Gasteiger partial charge in [0.25, 0.3) is 0 Å². The van der Waals surface area contributed by atoms with Crippen molar-refractivity contribution >= 4 is 11.9 Å². The topological polar surface area (TPSA) is 124 Å². The summed E-state index contributed by atoms with van der Waals surface area (Å²) >= 11 is 0. The molecule has 18 heavy (non-hydrogen) atoms. The van der Waals surface area contributed by atoms with Crippen molar-refractivity contribution in [2.75, 3.05) is 19.8 Å². The monoisotopic (exact) mass is 265 g/mol. The van der Waals surface area contributed by atoms with Gasteiger partial charge in [-0.1, -0.05) is 6.92 Å². The molecule has 0 radical (unpaired) electrons. The second kappa shape index (κ2) is 12.3. The van der Waals surface area contributed by atoms with Crippen LogP contribution in [0.1, 0.15) is 27.2 Å². The molecule has 0 spiro atoms. The van der Waals surface area contributed by atoms with E-state index in [4.69, 9.17) is 24.5 Å². The number of carbonyl (C=O) groups is 2. The molecule has 0 saturated carbocycles. The summed E-state index contributed by atoms with van der Waals surface area (Å²) in [5, 5.41) is 27.8. The fraction of sp³-hybridized carbons (Fsp3) is 0.818. The Morgan fingerprint density at radius 1 is 1.39 bits per heavy atom. The number of ether oxygens (including phenoxy) is 1. The first-order valence-electron chi connectivity index (χ1n) is 5.84. The number of rotatable bonds is 7. The zero-order valence-corrected chi connectivity index (χ0v) is 11.1. The molecule has 108 valence electrons. The number of hydrogen-bond donors (Lipinski definition) is 3. The van der Waals surface area contributed by atoms with Gasteiger partial charge in [0.05, 0.1) is 12.6 Å². The highest BCUT2D eigenvalue weighted by Gasteiger charge is 2.06. The molecular weight excluding hydrogens is 242 g/mol. The summed E-state index contributed by atoms with van der Waals surface area (Å²) in [6.45, 7) is 8.24. The lowest BCUT2D eigenvalue weighted by atomic mass is 10.3. The molecule has 0 aromatic rings. The van der Waals surface area contributed by atoms with Crippen molar-refractivity contribution in [2.24, 2.45) is 0 Å². The number of carbonyl (C=O) groups excluding carboxylic acids is 1. The Morgan fingerprint density at radius 3 is 2.22 bits per heavy atom. The van der Waals surface area contributed by atoms with Gasteiger partial charge in [0.1, 0.15) is 12.6 Å². The summed E-state index contributed by atoms with van der Waals surface area (Å²) in [6, 6.07) is 0.547. The fourth-order valence-electron chi connectivity index (χ4n) is 0.861. The van der Waals surface area contributed by atoms with Crippen LogP contribution in [0.2, 0.25) is 0 Å². The maximum atomic E-state index is 9.37. The predicted molar refractivity (Wildman–Crippen MR) is 61.7 cm³/mol. The van der Waals surface area contributed by atoms with Crippen LogP contribution in [0.25, 0.3) is 0 Å². The average Bonchev–Trinajstić information content (AvgIpc) is 2.27. The molecule has 0 aromatic carbocycles. The fourth-order valence-corrected chi connectivity index (χ4v) is 0.861. The molecule has 1 atom stereocenters. The number of aliphatic carboxylic acids is 2. The summed E-state index contributed by atoms with van der Waals surface area (Å²) in [4.78, 5) is 18.0. The third kappa shape index (κ3) is 17.2. The maximum absolute atomic E-state index is 9.37. The molecule has 0 rings (SSSR count). The number of aliphatic hydroxyl groups excluding tert-OH is 1. The summed E-state index contributed by atoms with van der Waals surface area (Å²) in [5.74, 6) is -4.01. The molecule has 0 saturated heterocycles. The minimum atomic E-state index is -2.07. The van der Waals surface area contributed by atoms with Gasteiger partial charge in [0.2, 0.25) is 0 Å². The van der Waals surface area contributed by atoms with Gasteiger partial charge in [0.15, 0.2) is 5.97 Å². The van der Waals surface area contributed by atoms with E-state index in [9.17, 15) is 5.11 Å². The highest BCUT2D eigenvalue weighted by Crippen LogP contribution is 1.84. The Bertz CT molecular complexity index is 220. The summed E-state index contributed by atoms with van der Waals surface area (Å²) in [5.41, 5.74) is 0. The quantitative estimate of drug-likeness (QED) is 0.347. The predicted octanol–water partition coefficient (Wildman–Crippen LogP) is -2.43. The minimum Gasteiger partial charge on any atom is -0.539 e. The second-order valence-electron chi connectivity index (χ2n) is 4.04. The van der Waals surface area contributed by atoms with E-state index in [0.29, 0.717) is 12.6 Å². The van der Waals surface area contributed by atoms with Crippen molar-refractivity contribution in [3.63, 3.8) is 0 Å². The SMILES string of the molecule is CCCOCC(O)C[NH2+]C(C)C.O=C([O-])C(=O)O. The Kier molecular flexibility index (Phi) is 13.1. The lowest BCUT2D eigenvalue weighted by Crippen LogP contribution is -2.90. The Labute approximate surface area is 107 Å². The number of quaternary nitrogens is 1. The van der Waals surface area contributed by atoms with Crippen LogP contribution >= 0.6 is 0 Å². The largest absolute Gasteiger partial charge is 0.539 e. The van der Waals surface area contributed by atoms with Gasteiger partial charge >= 0.3 is 5.97 Å². The van der Waals surface area contributed by atoms with Crippen LogP contribution in [0.5, 0.6) is 0 Å². The average molecular weight is 265 g/mol. The Balaban J connectivity index is 0. The van der Waals surface area contributed by atoms with Gasteiger partial charge in [-0.25, -0.2) is 4.79 Å². The van der Waals surface area contributed by atoms with E-state index in [1.54, 1.807) is 0 Å². The third-order valence-corrected chi connectivity index (χ3v) is 1.71. The highest BCUT2D eigenvalue weighted by atomic mass is 16.5. The Hall–Kier alpha value is -1.18. The molecular formula is C11H23NO6. The van der Waals surface area contributed by atoms with Crippen molar-refractivity contribution in [1.82, 2.24) is 0 Å². The third-order valence-electron chi connectivity index (χ3n) is 1.71. The van der Waals surface area contributed by atoms with Gasteiger partial charge in [-0.2, -0.15) is 0 Å². The summed E-state index contributed by atoms with van der Waals surface area (Å²) in [6.07, 6.45) is 0.694. The molecule has 1 unspecified atom stereocenters. The van der Waals surface area contributed by atoms with Gasteiger partial charge in [-0.3, -0.25) is 0 Å². The van der Waals surface area contributed by atoms with Crippen LogP contribution in [0, 0.1) is 0 Å². The number of carboxylic acid groups (broad SMARTS) is 2. The minimum absolute atomic E-state index is 0.320. The Morgan fingerprint density at radius 2 is 1.89 bits per heavy atom. The molecule has 0 aliphatic heterocycles. The number of carboxylic acids is 2. The van der Waals surface area contributed by atoms with Gasteiger partial charge < -0.3 is 30.2 Å². The molecule has 7 nitrogen and oxygen atoms in total. The zero-order chi connectivity index (χ0) is 14.6. The number of aliphatic hydroxyl groups is 1. The van der Waals surface area contributed by atoms with Crippen molar-refractivity contribution in [3.05, 3.63) is 0 Å². The van der Waals surface area contributed by atoms with Gasteiger partial charge in [0, 0.05) is 6.61 Å². The van der Waals surface area contributed by atoms with E-state index in [1.165, 1.54) is 0 Å². The van der Waals surface area contributed by atoms with E-state index >= 15 is 0 Å². The molecule has 0 aliphatic rings. The van der Waals surface area contributed by atoms with Crippen LogP contribution in [0.15, 0.2) is 0 Å². The summed E-state index contributed by atoms with van der Waals surface area (Å²) in [7, 11) is 0. The molecule has 4 N–H and O–H groups in total. The van der Waals surface area contributed by atoms with E-state index in [2.05, 4.69) is 26.1 Å². The molecule has 7 heteroatoms. The first-order valence-corrected chi connectivity index (χ1v) is 5.84. The second-order valence-corrected chi connectivity index (χ2v) is 4.04. The van der Waals surface area contributed by atoms with E-state index in [-0.39, 0.29) is 6.10 Å². The lowest BCUT2D eigenvalue weighted by Gasteiger charge is -2.11. The molecule has 0 heterocycles. The van der Waals surface area contributed by atoms with E-state index in [1.807, 2.05) is 0 Å². The van der Waals surface area contributed by atoms with Crippen molar-refractivity contribution in [1.29, 1.82) is 0 Å². The van der Waals surface area contributed by atoms with Crippen LogP contribution < -0.4 is 10.4 Å². The molecule has 0 aromatic heterocycles. The number of nitrogens with two attached hydrogens (primary N) is 1. The highest BCUT2D eigenvalue weighted by molar-refractivity contribution is 6.26. The van der Waals surface area contributed by atoms with Gasteiger partial charge in [-0.05, 0) is 20.3 Å². The first kappa shape index (κ1) is 19.2. The molecule has 0 bridgehead atoms. The number of hydrogen-bond acceptors (Lipinski definition) is 5. The van der Waals surface area contributed by atoms with Crippen molar-refractivity contribution < 1.29 is 35.0 Å². The van der Waals surface area contributed by atoms with Crippen LogP contribution in [0.3, 0.4) is 0 Å². The van der Waals surface area contributed by atoms with Crippen molar-refractivity contribution in [2.45, 2.75) is 39.3 Å². The van der Waals surface area contributed by atoms with Crippen molar-refractivity contribution in [3.8, 4) is 0 Å². The first-order chi connectivity index (χ1) is 8.31. The smallest absolute Gasteiger partial charge is 0.351 e. The van der Waals surface area contributed by atoms with E-state index < -0.39 is 11.9 Å².